The van der Waals surface area contributed by atoms with E-state index >= 15 is 0 Å². The van der Waals surface area contributed by atoms with Crippen molar-refractivity contribution in [1.29, 1.82) is 0 Å². The number of thiophene rings is 1. The van der Waals surface area contributed by atoms with Crippen LogP contribution in [0.15, 0.2) is 35.7 Å². The monoisotopic (exact) mass is 304 g/mol. The number of aliphatic hydroxyl groups is 1. The molecule has 0 aliphatic heterocycles. The summed E-state index contributed by atoms with van der Waals surface area (Å²) in [4.78, 5) is 1.27. The molecule has 21 heavy (non-hydrogen) atoms. The topological polar surface area (TPSA) is 29.5 Å². The van der Waals surface area contributed by atoms with Gasteiger partial charge in [-0.15, -0.1) is 11.3 Å². The van der Waals surface area contributed by atoms with Gasteiger partial charge < -0.3 is 9.84 Å². The van der Waals surface area contributed by atoms with Crippen molar-refractivity contribution in [3.63, 3.8) is 0 Å². The Morgan fingerprint density at radius 3 is 2.90 bits per heavy atom. The number of benzene rings is 1. The van der Waals surface area contributed by atoms with Crippen molar-refractivity contribution in [2.24, 2.45) is 0 Å². The summed E-state index contributed by atoms with van der Waals surface area (Å²) in [7, 11) is 0. The minimum Gasteiger partial charge on any atom is -0.395 e. The molecule has 0 aliphatic carbocycles. The fourth-order valence-corrected chi connectivity index (χ4v) is 2.46. The molecule has 2 rings (SSSR count). The second kappa shape index (κ2) is 8.58. The van der Waals surface area contributed by atoms with Crippen LogP contribution in [0.3, 0.4) is 0 Å². The van der Waals surface area contributed by atoms with Crippen molar-refractivity contribution in [2.45, 2.75) is 19.4 Å². The van der Waals surface area contributed by atoms with E-state index in [1.165, 1.54) is 10.9 Å². The Labute approximate surface area is 128 Å². The predicted octanol–water partition coefficient (Wildman–Crippen LogP) is 3.38. The highest BCUT2D eigenvalue weighted by Gasteiger charge is 2.03. The predicted molar refractivity (Wildman–Crippen MR) is 82.7 cm³/mol. The van der Waals surface area contributed by atoms with Gasteiger partial charge in [-0.25, -0.2) is 4.39 Å². The molecule has 0 fully saturated rings. The zero-order valence-electron chi connectivity index (χ0n) is 11.6. The normalized spacial score (nSPS) is 10.2. The molecule has 0 radical (unpaired) electrons. The first-order valence-electron chi connectivity index (χ1n) is 6.78. The third kappa shape index (κ3) is 5.31. The van der Waals surface area contributed by atoms with Crippen LogP contribution in [0.25, 0.3) is 0 Å². The van der Waals surface area contributed by atoms with Gasteiger partial charge in [-0.2, -0.15) is 0 Å². The van der Waals surface area contributed by atoms with Gasteiger partial charge >= 0.3 is 0 Å². The van der Waals surface area contributed by atoms with Crippen LogP contribution in [0.4, 0.5) is 4.39 Å². The summed E-state index contributed by atoms with van der Waals surface area (Å²) in [6.07, 6.45) is 1.25. The lowest BCUT2D eigenvalue weighted by Gasteiger charge is -2.05. The summed E-state index contributed by atoms with van der Waals surface area (Å²) in [5, 5.41) is 10.7. The van der Waals surface area contributed by atoms with Crippen LogP contribution in [0, 0.1) is 17.7 Å². The molecular weight excluding hydrogens is 287 g/mol. The van der Waals surface area contributed by atoms with E-state index in [0.717, 1.165) is 6.42 Å². The summed E-state index contributed by atoms with van der Waals surface area (Å²) < 4.78 is 19.4. The highest BCUT2D eigenvalue weighted by atomic mass is 32.1. The van der Waals surface area contributed by atoms with E-state index in [-0.39, 0.29) is 19.0 Å². The maximum absolute atomic E-state index is 13.9. The second-order valence-corrected chi connectivity index (χ2v) is 5.50. The van der Waals surface area contributed by atoms with Crippen molar-refractivity contribution in [2.75, 3.05) is 13.2 Å². The van der Waals surface area contributed by atoms with Crippen LogP contribution in [-0.2, 0) is 17.8 Å². The average molecular weight is 304 g/mol. The minimum atomic E-state index is -0.304. The molecule has 110 valence electrons. The molecule has 4 heteroatoms. The molecule has 0 amide bonds. The molecule has 1 N–H and O–H groups in total. The van der Waals surface area contributed by atoms with E-state index in [0.29, 0.717) is 24.2 Å². The Balaban J connectivity index is 1.82. The van der Waals surface area contributed by atoms with Gasteiger partial charge in [0.15, 0.2) is 0 Å². The number of ether oxygens (including phenoxy) is 1. The highest BCUT2D eigenvalue weighted by Crippen LogP contribution is 2.13. The standard InChI is InChI=1S/C17H17FO2S/c18-17-12-14(4-1-2-9-19)6-7-15(17)13-20-10-8-16-5-3-11-21-16/h3,5-7,11-12,19H,2,8-10,13H2. The third-order valence-corrected chi connectivity index (χ3v) is 3.79. The van der Waals surface area contributed by atoms with Crippen LogP contribution < -0.4 is 0 Å². The first-order chi connectivity index (χ1) is 10.3. The summed E-state index contributed by atoms with van der Waals surface area (Å²) in [5.74, 6) is 5.28. The summed E-state index contributed by atoms with van der Waals surface area (Å²) in [5.41, 5.74) is 1.15. The van der Waals surface area contributed by atoms with Gasteiger partial charge in [0.05, 0.1) is 19.8 Å². The van der Waals surface area contributed by atoms with Gasteiger partial charge in [0.1, 0.15) is 5.82 Å². The number of hydrogen-bond donors (Lipinski definition) is 1. The molecule has 0 unspecified atom stereocenters. The number of aliphatic hydroxyl groups excluding tert-OH is 1. The molecule has 0 aliphatic rings. The van der Waals surface area contributed by atoms with Crippen LogP contribution in [-0.4, -0.2) is 18.3 Å². The van der Waals surface area contributed by atoms with E-state index in [9.17, 15) is 4.39 Å². The van der Waals surface area contributed by atoms with Crippen molar-refractivity contribution >= 4 is 11.3 Å². The number of rotatable bonds is 6. The maximum Gasteiger partial charge on any atom is 0.129 e. The zero-order valence-corrected chi connectivity index (χ0v) is 12.5. The van der Waals surface area contributed by atoms with E-state index < -0.39 is 0 Å². The van der Waals surface area contributed by atoms with Crippen molar-refractivity contribution < 1.29 is 14.2 Å². The summed E-state index contributed by atoms with van der Waals surface area (Å²) >= 11 is 1.70. The van der Waals surface area contributed by atoms with Crippen LogP contribution in [0.2, 0.25) is 0 Å². The Hall–Kier alpha value is -1.67. The zero-order chi connectivity index (χ0) is 14.9. The van der Waals surface area contributed by atoms with Gasteiger partial charge in [0.2, 0.25) is 0 Å². The van der Waals surface area contributed by atoms with Gasteiger partial charge in [-0.3, -0.25) is 0 Å². The van der Waals surface area contributed by atoms with Gasteiger partial charge in [-0.05, 0) is 23.6 Å². The average Bonchev–Trinajstić information content (AvgIpc) is 2.99. The van der Waals surface area contributed by atoms with E-state index in [1.54, 1.807) is 23.5 Å². The Morgan fingerprint density at radius 2 is 2.19 bits per heavy atom. The largest absolute Gasteiger partial charge is 0.395 e. The highest BCUT2D eigenvalue weighted by molar-refractivity contribution is 7.09. The molecule has 1 aromatic heterocycles. The molecule has 1 heterocycles. The lowest BCUT2D eigenvalue weighted by molar-refractivity contribution is 0.122. The second-order valence-electron chi connectivity index (χ2n) is 4.46. The van der Waals surface area contributed by atoms with Gasteiger partial charge in [0, 0.05) is 28.8 Å². The first kappa shape index (κ1) is 15.7. The fourth-order valence-electron chi connectivity index (χ4n) is 1.77. The molecule has 0 spiro atoms. The van der Waals surface area contributed by atoms with E-state index in [2.05, 4.69) is 17.9 Å². The Kier molecular flexibility index (Phi) is 6.42. The van der Waals surface area contributed by atoms with E-state index in [1.807, 2.05) is 11.4 Å². The van der Waals surface area contributed by atoms with Crippen molar-refractivity contribution in [3.05, 3.63) is 57.5 Å². The Morgan fingerprint density at radius 1 is 1.29 bits per heavy atom. The molecule has 0 saturated carbocycles. The molecule has 2 nitrogen and oxygen atoms in total. The Bertz CT molecular complexity index is 611. The molecule has 1 aromatic carbocycles. The van der Waals surface area contributed by atoms with Crippen molar-refractivity contribution in [3.8, 4) is 11.8 Å². The molecule has 2 aromatic rings. The van der Waals surface area contributed by atoms with Gasteiger partial charge in [-0.1, -0.05) is 24.0 Å². The molecule has 0 saturated heterocycles. The van der Waals surface area contributed by atoms with Gasteiger partial charge in [0.25, 0.3) is 0 Å². The maximum atomic E-state index is 13.9. The van der Waals surface area contributed by atoms with Crippen LogP contribution in [0.5, 0.6) is 0 Å². The van der Waals surface area contributed by atoms with E-state index in [4.69, 9.17) is 9.84 Å². The van der Waals surface area contributed by atoms with Crippen molar-refractivity contribution in [1.82, 2.24) is 0 Å². The summed E-state index contributed by atoms with van der Waals surface area (Å²) in [6, 6.07) is 8.95. The molecular formula is C17H17FO2S. The fraction of sp³-hybridized carbons (Fsp3) is 0.294. The van der Waals surface area contributed by atoms with Crippen LogP contribution in [0.1, 0.15) is 22.4 Å². The molecule has 0 bridgehead atoms. The number of hydrogen-bond acceptors (Lipinski definition) is 3. The third-order valence-electron chi connectivity index (χ3n) is 2.85. The molecule has 0 atom stereocenters. The lowest BCUT2D eigenvalue weighted by atomic mass is 10.1. The number of halogens is 1. The SMILES string of the molecule is OCCC#Cc1ccc(COCCc2cccs2)c(F)c1. The smallest absolute Gasteiger partial charge is 0.129 e. The minimum absolute atomic E-state index is 0.0195. The first-order valence-corrected chi connectivity index (χ1v) is 7.66. The lowest BCUT2D eigenvalue weighted by Crippen LogP contribution is -2.00. The quantitative estimate of drug-likeness (QED) is 0.655. The van der Waals surface area contributed by atoms with Crippen LogP contribution >= 0.6 is 11.3 Å². The summed E-state index contributed by atoms with van der Waals surface area (Å²) in [6.45, 7) is 0.866.